The summed E-state index contributed by atoms with van der Waals surface area (Å²) < 4.78 is 10.6. The maximum Gasteiger partial charge on any atom is 0.253 e. The van der Waals surface area contributed by atoms with E-state index in [1.165, 1.54) is 0 Å². The third-order valence-electron chi connectivity index (χ3n) is 3.55. The Hall–Kier alpha value is -2.03. The van der Waals surface area contributed by atoms with E-state index in [4.69, 9.17) is 15.2 Å². The number of likely N-dealkylation sites (N-methyl/N-ethyl adjacent to an activating group) is 1. The van der Waals surface area contributed by atoms with Crippen LogP contribution in [-0.2, 0) is 4.74 Å². The van der Waals surface area contributed by atoms with Gasteiger partial charge in [0.05, 0.1) is 31.9 Å². The molecule has 1 aliphatic rings. The molecule has 0 bridgehead atoms. The molecule has 1 fully saturated rings. The maximum absolute atomic E-state index is 12.5. The molecule has 0 spiro atoms. The summed E-state index contributed by atoms with van der Waals surface area (Å²) >= 11 is 0. The number of hydrogen-bond acceptors (Lipinski definition) is 4. The summed E-state index contributed by atoms with van der Waals surface area (Å²) in [6.07, 6.45) is 0.873. The Morgan fingerprint density at radius 2 is 2.38 bits per heavy atom. The summed E-state index contributed by atoms with van der Waals surface area (Å²) in [5, 5.41) is 0. The normalized spacial score (nSPS) is 17.0. The molecule has 5 heteroatoms. The second-order valence-corrected chi connectivity index (χ2v) is 4.85. The zero-order valence-corrected chi connectivity index (χ0v) is 12.4. The van der Waals surface area contributed by atoms with Crippen LogP contribution in [0.1, 0.15) is 22.3 Å². The van der Waals surface area contributed by atoms with Crippen LogP contribution in [0, 0.1) is 11.8 Å². The Labute approximate surface area is 125 Å². The summed E-state index contributed by atoms with van der Waals surface area (Å²) in [5.74, 6) is 6.32. The van der Waals surface area contributed by atoms with Crippen LogP contribution in [0.5, 0.6) is 5.75 Å². The van der Waals surface area contributed by atoms with E-state index in [-0.39, 0.29) is 18.5 Å². The van der Waals surface area contributed by atoms with Crippen LogP contribution >= 0.6 is 0 Å². The molecule has 1 amide bonds. The Morgan fingerprint density at radius 1 is 1.57 bits per heavy atom. The number of ether oxygens (including phenoxy) is 2. The van der Waals surface area contributed by atoms with Gasteiger partial charge in [0.1, 0.15) is 5.75 Å². The minimum atomic E-state index is -0.0380. The first kappa shape index (κ1) is 15.4. The van der Waals surface area contributed by atoms with Gasteiger partial charge < -0.3 is 20.1 Å². The maximum atomic E-state index is 12.5. The summed E-state index contributed by atoms with van der Waals surface area (Å²) in [5.41, 5.74) is 6.65. The molecule has 1 saturated heterocycles. The van der Waals surface area contributed by atoms with Gasteiger partial charge in [-0.25, -0.2) is 0 Å². The molecule has 0 aliphatic carbocycles. The monoisotopic (exact) mass is 288 g/mol. The van der Waals surface area contributed by atoms with Crippen molar-refractivity contribution < 1.29 is 14.3 Å². The van der Waals surface area contributed by atoms with Crippen molar-refractivity contribution in [3.05, 3.63) is 29.3 Å². The van der Waals surface area contributed by atoms with Gasteiger partial charge in [0.15, 0.2) is 0 Å². The number of amides is 1. The first-order valence-corrected chi connectivity index (χ1v) is 6.89. The molecule has 0 radical (unpaired) electrons. The summed E-state index contributed by atoms with van der Waals surface area (Å²) in [6, 6.07) is 5.39. The topological polar surface area (TPSA) is 64.8 Å². The van der Waals surface area contributed by atoms with Gasteiger partial charge in [0, 0.05) is 19.2 Å². The van der Waals surface area contributed by atoms with E-state index < -0.39 is 0 Å². The number of carbonyl (C=O) groups is 1. The molecule has 1 aliphatic heterocycles. The largest absolute Gasteiger partial charge is 0.495 e. The Morgan fingerprint density at radius 3 is 3.00 bits per heavy atom. The fourth-order valence-electron chi connectivity index (χ4n) is 2.28. The lowest BCUT2D eigenvalue weighted by atomic mass is 10.1. The van der Waals surface area contributed by atoms with E-state index in [1.807, 2.05) is 0 Å². The Bertz CT molecular complexity index is 569. The number of rotatable bonds is 3. The molecule has 1 atom stereocenters. The van der Waals surface area contributed by atoms with Crippen molar-refractivity contribution in [1.82, 2.24) is 4.90 Å². The number of nitrogens with zero attached hydrogens (tertiary/aromatic N) is 1. The number of hydrogen-bond donors (Lipinski definition) is 1. The Balaban J connectivity index is 2.24. The van der Waals surface area contributed by atoms with Crippen molar-refractivity contribution >= 4 is 5.91 Å². The van der Waals surface area contributed by atoms with Gasteiger partial charge in [0.25, 0.3) is 5.91 Å². The van der Waals surface area contributed by atoms with Gasteiger partial charge in [-0.2, -0.15) is 0 Å². The van der Waals surface area contributed by atoms with Gasteiger partial charge in [-0.15, -0.1) is 0 Å². The molecule has 0 aromatic heterocycles. The third-order valence-corrected chi connectivity index (χ3v) is 3.55. The van der Waals surface area contributed by atoms with E-state index in [0.717, 1.165) is 6.42 Å². The van der Waals surface area contributed by atoms with Gasteiger partial charge >= 0.3 is 0 Å². The highest BCUT2D eigenvalue weighted by Crippen LogP contribution is 2.21. The smallest absolute Gasteiger partial charge is 0.253 e. The molecule has 1 unspecified atom stereocenters. The number of methoxy groups -OCH3 is 1. The fraction of sp³-hybridized carbons (Fsp3) is 0.438. The minimum Gasteiger partial charge on any atom is -0.495 e. The van der Waals surface area contributed by atoms with E-state index in [0.29, 0.717) is 30.1 Å². The lowest BCUT2D eigenvalue weighted by molar-refractivity contribution is 0.0711. The highest BCUT2D eigenvalue weighted by Gasteiger charge is 2.25. The first-order chi connectivity index (χ1) is 10.2. The van der Waals surface area contributed by atoms with Crippen LogP contribution in [0.15, 0.2) is 18.2 Å². The number of carbonyl (C=O) groups excluding carboxylic acids is 1. The van der Waals surface area contributed by atoms with E-state index in [2.05, 4.69) is 11.8 Å². The predicted octanol–water partition coefficient (Wildman–Crippen LogP) is 0.866. The van der Waals surface area contributed by atoms with Crippen LogP contribution in [0.4, 0.5) is 0 Å². The molecule has 1 aromatic carbocycles. The van der Waals surface area contributed by atoms with Crippen molar-refractivity contribution in [3.63, 3.8) is 0 Å². The summed E-state index contributed by atoms with van der Waals surface area (Å²) in [6.45, 7) is 1.57. The standard InChI is InChI=1S/C16H20N2O3/c1-18(14-7-9-21-11-14)16(19)13-5-6-15(20-2)12(10-13)4-3-8-17/h5-6,10,14H,7-9,11,17H2,1-2H3. The second kappa shape index (κ2) is 7.11. The van der Waals surface area contributed by atoms with Gasteiger partial charge in [-0.1, -0.05) is 11.8 Å². The molecule has 2 rings (SSSR count). The van der Waals surface area contributed by atoms with Crippen LogP contribution < -0.4 is 10.5 Å². The molecular formula is C16H20N2O3. The predicted molar refractivity (Wildman–Crippen MR) is 80.2 cm³/mol. The summed E-state index contributed by atoms with van der Waals surface area (Å²) in [4.78, 5) is 14.2. The zero-order chi connectivity index (χ0) is 15.2. The first-order valence-electron chi connectivity index (χ1n) is 6.89. The molecular weight excluding hydrogens is 268 g/mol. The van der Waals surface area contributed by atoms with Crippen molar-refractivity contribution in [2.45, 2.75) is 12.5 Å². The minimum absolute atomic E-state index is 0.0380. The van der Waals surface area contributed by atoms with Crippen LogP contribution in [-0.4, -0.2) is 50.8 Å². The molecule has 112 valence electrons. The van der Waals surface area contributed by atoms with E-state index in [9.17, 15) is 4.79 Å². The average molecular weight is 288 g/mol. The van der Waals surface area contributed by atoms with Crippen molar-refractivity contribution in [3.8, 4) is 17.6 Å². The lowest BCUT2D eigenvalue weighted by Crippen LogP contribution is -2.37. The van der Waals surface area contributed by atoms with Gasteiger partial charge in [0.2, 0.25) is 0 Å². The van der Waals surface area contributed by atoms with Crippen molar-refractivity contribution in [2.75, 3.05) is 33.9 Å². The molecule has 1 aromatic rings. The van der Waals surface area contributed by atoms with Crippen LogP contribution in [0.25, 0.3) is 0 Å². The van der Waals surface area contributed by atoms with Crippen molar-refractivity contribution in [2.24, 2.45) is 5.73 Å². The molecule has 5 nitrogen and oxygen atoms in total. The molecule has 2 N–H and O–H groups in total. The van der Waals surface area contributed by atoms with Crippen molar-refractivity contribution in [1.29, 1.82) is 0 Å². The fourth-order valence-corrected chi connectivity index (χ4v) is 2.28. The quantitative estimate of drug-likeness (QED) is 0.838. The van der Waals surface area contributed by atoms with Gasteiger partial charge in [-0.05, 0) is 24.6 Å². The molecule has 0 saturated carbocycles. The Kier molecular flexibility index (Phi) is 5.20. The van der Waals surface area contributed by atoms with E-state index >= 15 is 0 Å². The van der Waals surface area contributed by atoms with Crippen LogP contribution in [0.3, 0.4) is 0 Å². The molecule has 21 heavy (non-hydrogen) atoms. The SMILES string of the molecule is COc1ccc(C(=O)N(C)C2CCOC2)cc1C#CCN. The number of benzene rings is 1. The zero-order valence-electron chi connectivity index (χ0n) is 12.4. The molecule has 1 heterocycles. The average Bonchev–Trinajstić information content (AvgIpc) is 3.05. The number of nitrogens with two attached hydrogens (primary N) is 1. The van der Waals surface area contributed by atoms with Crippen LogP contribution in [0.2, 0.25) is 0 Å². The van der Waals surface area contributed by atoms with Gasteiger partial charge in [-0.3, -0.25) is 4.79 Å². The third kappa shape index (κ3) is 3.54. The van der Waals surface area contributed by atoms with E-state index in [1.54, 1.807) is 37.3 Å². The second-order valence-electron chi connectivity index (χ2n) is 4.85. The lowest BCUT2D eigenvalue weighted by Gasteiger charge is -2.23. The summed E-state index contributed by atoms with van der Waals surface area (Å²) in [7, 11) is 3.38. The highest BCUT2D eigenvalue weighted by atomic mass is 16.5. The highest BCUT2D eigenvalue weighted by molar-refractivity contribution is 5.95.